The SMILES string of the molecule is CC(C)(C)N1[Si](C)(C)N(C(C)(C)C)[Si]1(F)Nc1c(F)c(F)c(F)c(F)c1F. The fraction of sp³-hybridized carbons (Fsp3) is 0.625. The molecule has 0 atom stereocenters. The minimum Gasteiger partial charge on any atom is -0.357 e. The smallest absolute Gasteiger partial charge is 0.357 e. The average Bonchev–Trinajstić information content (AvgIpc) is 2.43. The number of benzene rings is 1. The van der Waals surface area contributed by atoms with Crippen molar-refractivity contribution >= 4 is 23.0 Å². The molecule has 3 nitrogen and oxygen atoms in total. The zero-order valence-electron chi connectivity index (χ0n) is 16.7. The Morgan fingerprint density at radius 1 is 0.667 bits per heavy atom. The Morgan fingerprint density at radius 2 is 0.963 bits per heavy atom. The lowest BCUT2D eigenvalue weighted by atomic mass is 10.1. The van der Waals surface area contributed by atoms with Crippen LogP contribution in [0.5, 0.6) is 0 Å². The Morgan fingerprint density at radius 3 is 1.26 bits per heavy atom. The van der Waals surface area contributed by atoms with Gasteiger partial charge < -0.3 is 4.98 Å². The molecule has 0 aromatic heterocycles. The Balaban J connectivity index is 2.68. The largest absolute Gasteiger partial charge is 0.507 e. The fourth-order valence-corrected chi connectivity index (χ4v) is 17.3. The molecule has 27 heavy (non-hydrogen) atoms. The molecule has 0 radical (unpaired) electrons. The molecule has 1 aromatic carbocycles. The van der Waals surface area contributed by atoms with Crippen LogP contribution in [-0.4, -0.2) is 36.8 Å². The number of halogens is 6. The van der Waals surface area contributed by atoms with Gasteiger partial charge in [0.1, 0.15) is 5.69 Å². The van der Waals surface area contributed by atoms with Gasteiger partial charge in [-0.2, -0.15) is 0 Å². The molecular formula is C16H25F6N3Si2. The molecule has 1 aliphatic heterocycles. The summed E-state index contributed by atoms with van der Waals surface area (Å²) in [7, 11) is -7.04. The molecular weight excluding hydrogens is 404 g/mol. The van der Waals surface area contributed by atoms with Gasteiger partial charge in [-0.3, -0.25) is 8.46 Å². The molecule has 1 heterocycles. The summed E-state index contributed by atoms with van der Waals surface area (Å²) in [6.45, 7) is 14.3. The van der Waals surface area contributed by atoms with Crippen LogP contribution in [0.4, 0.5) is 31.7 Å². The Hall–Kier alpha value is -1.05. The van der Waals surface area contributed by atoms with Crippen molar-refractivity contribution in [3.63, 3.8) is 0 Å². The Kier molecular flexibility index (Phi) is 5.13. The van der Waals surface area contributed by atoms with E-state index in [1.165, 1.54) is 0 Å². The van der Waals surface area contributed by atoms with Gasteiger partial charge in [-0.15, -0.1) is 0 Å². The van der Waals surface area contributed by atoms with Crippen LogP contribution in [0.2, 0.25) is 13.1 Å². The molecule has 0 saturated carbocycles. The van der Waals surface area contributed by atoms with Crippen LogP contribution < -0.4 is 4.98 Å². The maximum atomic E-state index is 16.4. The van der Waals surface area contributed by atoms with Crippen LogP contribution in [-0.2, 0) is 0 Å². The minimum absolute atomic E-state index is 0.713. The number of anilines is 1. The van der Waals surface area contributed by atoms with E-state index in [0.717, 1.165) is 0 Å². The molecule has 0 amide bonds. The third-order valence-corrected chi connectivity index (χ3v) is 16.2. The van der Waals surface area contributed by atoms with Crippen molar-refractivity contribution in [1.29, 1.82) is 0 Å². The van der Waals surface area contributed by atoms with Crippen LogP contribution in [0, 0.1) is 29.1 Å². The number of nitrogens with zero attached hydrogens (tertiary/aromatic N) is 2. The lowest BCUT2D eigenvalue weighted by Crippen LogP contribution is -2.98. The first-order valence-electron chi connectivity index (χ1n) is 8.48. The number of hydrogen-bond donors (Lipinski definition) is 1. The molecule has 1 aliphatic rings. The van der Waals surface area contributed by atoms with Crippen LogP contribution in [0.15, 0.2) is 0 Å². The van der Waals surface area contributed by atoms with Gasteiger partial charge in [0, 0.05) is 11.1 Å². The molecule has 11 heteroatoms. The van der Waals surface area contributed by atoms with Crippen LogP contribution in [0.3, 0.4) is 0 Å². The Bertz CT molecular complexity index is 720. The third kappa shape index (κ3) is 3.21. The van der Waals surface area contributed by atoms with E-state index in [-0.39, 0.29) is 0 Å². The van der Waals surface area contributed by atoms with Crippen LogP contribution in [0.25, 0.3) is 0 Å². The van der Waals surface area contributed by atoms with Crippen LogP contribution >= 0.6 is 0 Å². The van der Waals surface area contributed by atoms with Crippen molar-refractivity contribution in [2.75, 3.05) is 4.98 Å². The van der Waals surface area contributed by atoms with E-state index < -0.39 is 63.1 Å². The van der Waals surface area contributed by atoms with E-state index in [1.807, 2.05) is 13.1 Å². The summed E-state index contributed by atoms with van der Waals surface area (Å²) in [6, 6.07) is 0. The highest BCUT2D eigenvalue weighted by Crippen LogP contribution is 2.49. The van der Waals surface area contributed by atoms with Gasteiger partial charge in [0.15, 0.2) is 31.7 Å². The highest BCUT2D eigenvalue weighted by molar-refractivity contribution is 7.03. The Labute approximate surface area is 157 Å². The topological polar surface area (TPSA) is 18.5 Å². The van der Waals surface area contributed by atoms with E-state index >= 15 is 4.11 Å². The molecule has 0 spiro atoms. The minimum atomic E-state index is -4.49. The summed E-state index contributed by atoms with van der Waals surface area (Å²) < 4.78 is 88.4. The predicted octanol–water partition coefficient (Wildman–Crippen LogP) is 5.12. The summed E-state index contributed by atoms with van der Waals surface area (Å²) in [5.41, 5.74) is -2.75. The highest BCUT2D eigenvalue weighted by Gasteiger charge is 2.75. The lowest BCUT2D eigenvalue weighted by molar-refractivity contribution is 0.165. The first-order valence-corrected chi connectivity index (χ1v) is 13.1. The molecule has 1 saturated heterocycles. The van der Waals surface area contributed by atoms with Gasteiger partial charge in [0.05, 0.1) is 0 Å². The van der Waals surface area contributed by atoms with E-state index in [9.17, 15) is 22.0 Å². The van der Waals surface area contributed by atoms with E-state index in [2.05, 4.69) is 4.98 Å². The van der Waals surface area contributed by atoms with Crippen LogP contribution in [0.1, 0.15) is 41.5 Å². The average molecular weight is 430 g/mol. The second-order valence-corrected chi connectivity index (χ2v) is 16.3. The van der Waals surface area contributed by atoms with Crippen molar-refractivity contribution < 1.29 is 26.1 Å². The highest BCUT2D eigenvalue weighted by atomic mass is 28.5. The monoisotopic (exact) mass is 429 g/mol. The first-order chi connectivity index (χ1) is 11.9. The van der Waals surface area contributed by atoms with E-state index in [4.69, 9.17) is 0 Å². The van der Waals surface area contributed by atoms with E-state index in [0.29, 0.717) is 0 Å². The maximum absolute atomic E-state index is 16.4. The predicted molar refractivity (Wildman–Crippen MR) is 97.4 cm³/mol. The normalized spacial score (nSPS) is 20.5. The zero-order valence-corrected chi connectivity index (χ0v) is 18.7. The molecule has 1 N–H and O–H groups in total. The van der Waals surface area contributed by atoms with Gasteiger partial charge in [0.2, 0.25) is 5.82 Å². The summed E-state index contributed by atoms with van der Waals surface area (Å²) >= 11 is 0. The number of hydrogen-bond acceptors (Lipinski definition) is 3. The second kappa shape index (κ2) is 6.23. The molecule has 0 unspecified atom stereocenters. The molecule has 0 aliphatic carbocycles. The standard InChI is InChI=1S/C16H25F6N3Si2/c1-15(2,3)24-26(7,8)25(16(4,5)6)27(24,22)23-14-12(20)10(18)9(17)11(19)13(14)21/h23H,1-8H3. The van der Waals surface area contributed by atoms with Crippen molar-refractivity contribution in [2.45, 2.75) is 65.7 Å². The number of nitrogens with one attached hydrogen (secondary N) is 1. The molecule has 2 rings (SSSR count). The van der Waals surface area contributed by atoms with E-state index in [1.54, 1.807) is 50.0 Å². The second-order valence-electron chi connectivity index (χ2n) is 9.16. The lowest BCUT2D eigenvalue weighted by Gasteiger charge is -2.71. The summed E-state index contributed by atoms with van der Waals surface area (Å²) in [5, 5.41) is 0. The summed E-state index contributed by atoms with van der Waals surface area (Å²) in [6.07, 6.45) is 0. The van der Waals surface area contributed by atoms with Gasteiger partial charge in [-0.25, -0.2) is 26.1 Å². The van der Waals surface area contributed by atoms with Gasteiger partial charge in [-0.1, -0.05) is 0 Å². The molecule has 154 valence electrons. The first kappa shape index (κ1) is 22.2. The van der Waals surface area contributed by atoms with Crippen molar-refractivity contribution in [3.05, 3.63) is 29.1 Å². The molecule has 1 aromatic rings. The van der Waals surface area contributed by atoms with Crippen molar-refractivity contribution in [1.82, 2.24) is 8.46 Å². The third-order valence-electron chi connectivity index (χ3n) is 4.52. The summed E-state index contributed by atoms with van der Waals surface area (Å²) in [4.78, 5) is 2.13. The quantitative estimate of drug-likeness (QED) is 0.232. The zero-order chi connectivity index (χ0) is 21.3. The van der Waals surface area contributed by atoms with Gasteiger partial charge in [0.25, 0.3) is 0 Å². The van der Waals surface area contributed by atoms with Gasteiger partial charge >= 0.3 is 8.89 Å². The van der Waals surface area contributed by atoms with Crippen molar-refractivity contribution in [3.8, 4) is 0 Å². The molecule has 0 bridgehead atoms. The summed E-state index contributed by atoms with van der Waals surface area (Å²) in [5.74, 6) is -10.6. The van der Waals surface area contributed by atoms with Gasteiger partial charge in [-0.05, 0) is 54.6 Å². The number of rotatable bonds is 2. The maximum Gasteiger partial charge on any atom is 0.507 e. The van der Waals surface area contributed by atoms with Crippen molar-refractivity contribution in [2.24, 2.45) is 0 Å². The molecule has 1 fully saturated rings. The fourth-order valence-electron chi connectivity index (χ4n) is 4.40.